The number of hydrogen-bond acceptors (Lipinski definition) is 4. The number of nitrogens with one attached hydrogen (secondary N) is 1. The van der Waals surface area contributed by atoms with E-state index in [1.165, 1.54) is 18.4 Å². The lowest BCUT2D eigenvalue weighted by Gasteiger charge is -2.34. The molecule has 1 atom stereocenters. The number of hydrogen-bond donors (Lipinski definition) is 1. The first-order valence-electron chi connectivity index (χ1n) is 11.2. The van der Waals surface area contributed by atoms with Gasteiger partial charge in [0.05, 0.1) is 25.1 Å². The molecule has 7 heteroatoms. The number of piperidine rings is 1. The molecule has 0 radical (unpaired) electrons. The smallest absolute Gasteiger partial charge is 0.309 e. The fraction of sp³-hybridized carbons (Fsp3) is 0.652. The summed E-state index contributed by atoms with van der Waals surface area (Å²) in [5.74, 6) is 0.943. The summed E-state index contributed by atoms with van der Waals surface area (Å²) in [6, 6.07) is 11.1. The van der Waals surface area contributed by atoms with Gasteiger partial charge in [-0.3, -0.25) is 14.7 Å². The second kappa shape index (κ2) is 13.1. The fourth-order valence-electron chi connectivity index (χ4n) is 4.35. The Labute approximate surface area is 198 Å². The summed E-state index contributed by atoms with van der Waals surface area (Å²) in [6.45, 7) is 10.0. The second-order valence-corrected chi connectivity index (χ2v) is 7.88. The second-order valence-electron chi connectivity index (χ2n) is 7.88. The average Bonchev–Trinajstić information content (AvgIpc) is 3.29. The first-order valence-corrected chi connectivity index (χ1v) is 11.2. The molecule has 1 aromatic rings. The monoisotopic (exact) mass is 528 g/mol. The maximum absolute atomic E-state index is 12.0. The first-order chi connectivity index (χ1) is 14.2. The molecule has 30 heavy (non-hydrogen) atoms. The van der Waals surface area contributed by atoms with E-state index in [4.69, 9.17) is 9.73 Å². The Morgan fingerprint density at radius 2 is 1.80 bits per heavy atom. The Bertz CT molecular complexity index is 656. The summed E-state index contributed by atoms with van der Waals surface area (Å²) in [4.78, 5) is 21.9. The van der Waals surface area contributed by atoms with E-state index in [1.54, 1.807) is 0 Å². The number of ether oxygens (including phenoxy) is 1. The molecule has 0 amide bonds. The van der Waals surface area contributed by atoms with Gasteiger partial charge in [-0.1, -0.05) is 30.3 Å². The number of carbonyl (C=O) groups is 1. The van der Waals surface area contributed by atoms with Crippen molar-refractivity contribution in [3.05, 3.63) is 35.9 Å². The van der Waals surface area contributed by atoms with E-state index in [0.29, 0.717) is 12.6 Å². The van der Waals surface area contributed by atoms with Crippen molar-refractivity contribution < 1.29 is 9.53 Å². The van der Waals surface area contributed by atoms with Gasteiger partial charge >= 0.3 is 5.97 Å². The zero-order chi connectivity index (χ0) is 20.5. The fourth-order valence-corrected chi connectivity index (χ4v) is 4.35. The molecule has 2 heterocycles. The normalized spacial score (nSPS) is 19.3. The lowest BCUT2D eigenvalue weighted by atomic mass is 9.97. The van der Waals surface area contributed by atoms with Gasteiger partial charge < -0.3 is 15.0 Å². The van der Waals surface area contributed by atoms with Crippen molar-refractivity contribution in [1.82, 2.24) is 15.1 Å². The van der Waals surface area contributed by atoms with Crippen LogP contribution >= 0.6 is 24.0 Å². The minimum atomic E-state index is -0.0488. The van der Waals surface area contributed by atoms with E-state index in [1.807, 2.05) is 6.92 Å². The zero-order valence-electron chi connectivity index (χ0n) is 18.4. The maximum Gasteiger partial charge on any atom is 0.309 e. The molecule has 1 aromatic carbocycles. The van der Waals surface area contributed by atoms with Gasteiger partial charge in [0.15, 0.2) is 5.96 Å². The third-order valence-corrected chi connectivity index (χ3v) is 5.93. The largest absolute Gasteiger partial charge is 0.466 e. The highest BCUT2D eigenvalue weighted by molar-refractivity contribution is 14.0. The van der Waals surface area contributed by atoms with Crippen molar-refractivity contribution in [1.29, 1.82) is 0 Å². The summed E-state index contributed by atoms with van der Waals surface area (Å²) in [5, 5.41) is 3.46. The van der Waals surface area contributed by atoms with Gasteiger partial charge in [0, 0.05) is 19.6 Å². The number of guanidine groups is 1. The molecule has 0 aliphatic carbocycles. The number of halogens is 1. The van der Waals surface area contributed by atoms with Crippen LogP contribution in [0.5, 0.6) is 0 Å². The molecule has 0 saturated carbocycles. The molecular formula is C23H37IN4O2. The minimum Gasteiger partial charge on any atom is -0.466 e. The van der Waals surface area contributed by atoms with Gasteiger partial charge in [0.2, 0.25) is 0 Å². The third kappa shape index (κ3) is 6.83. The molecule has 2 aliphatic heterocycles. The van der Waals surface area contributed by atoms with Crippen molar-refractivity contribution in [2.75, 3.05) is 45.9 Å². The van der Waals surface area contributed by atoms with Crippen molar-refractivity contribution in [3.63, 3.8) is 0 Å². The molecule has 6 nitrogen and oxygen atoms in total. The molecule has 0 bridgehead atoms. The molecule has 3 rings (SSSR count). The molecule has 2 aliphatic rings. The van der Waals surface area contributed by atoms with Crippen LogP contribution in [0.2, 0.25) is 0 Å². The zero-order valence-corrected chi connectivity index (χ0v) is 20.7. The first kappa shape index (κ1) is 24.9. The van der Waals surface area contributed by atoms with Crippen LogP contribution < -0.4 is 5.32 Å². The SMILES string of the molecule is CCNC(=NCC(c1ccccc1)N1CCCC1)N1CCC(C(=O)OCC)CC1.I. The number of esters is 1. The molecule has 2 saturated heterocycles. The number of nitrogens with zero attached hydrogens (tertiary/aromatic N) is 3. The molecule has 0 spiro atoms. The predicted octanol–water partition coefficient (Wildman–Crippen LogP) is 3.68. The van der Waals surface area contributed by atoms with Gasteiger partial charge in [0.1, 0.15) is 0 Å². The maximum atomic E-state index is 12.0. The van der Waals surface area contributed by atoms with Gasteiger partial charge in [-0.15, -0.1) is 24.0 Å². The topological polar surface area (TPSA) is 57.2 Å². The van der Waals surface area contributed by atoms with Crippen molar-refractivity contribution >= 4 is 35.9 Å². The van der Waals surface area contributed by atoms with Gasteiger partial charge in [-0.05, 0) is 58.2 Å². The summed E-state index contributed by atoms with van der Waals surface area (Å²) in [7, 11) is 0. The molecule has 1 N–H and O–H groups in total. The van der Waals surface area contributed by atoms with E-state index >= 15 is 0 Å². The minimum absolute atomic E-state index is 0. The number of benzene rings is 1. The van der Waals surface area contributed by atoms with Crippen LogP contribution in [-0.4, -0.2) is 67.6 Å². The predicted molar refractivity (Wildman–Crippen MR) is 132 cm³/mol. The lowest BCUT2D eigenvalue weighted by molar-refractivity contribution is -0.149. The highest BCUT2D eigenvalue weighted by Gasteiger charge is 2.28. The summed E-state index contributed by atoms with van der Waals surface area (Å²) < 4.78 is 5.20. The molecule has 1 unspecified atom stereocenters. The van der Waals surface area contributed by atoms with E-state index < -0.39 is 0 Å². The van der Waals surface area contributed by atoms with Crippen molar-refractivity contribution in [2.45, 2.75) is 45.6 Å². The number of carbonyl (C=O) groups excluding carboxylic acids is 1. The summed E-state index contributed by atoms with van der Waals surface area (Å²) in [5.41, 5.74) is 1.34. The lowest BCUT2D eigenvalue weighted by Crippen LogP contribution is -2.47. The van der Waals surface area contributed by atoms with Crippen molar-refractivity contribution in [3.8, 4) is 0 Å². The molecular weight excluding hydrogens is 491 g/mol. The van der Waals surface area contributed by atoms with Crippen molar-refractivity contribution in [2.24, 2.45) is 10.9 Å². The quantitative estimate of drug-likeness (QED) is 0.253. The highest BCUT2D eigenvalue weighted by Crippen LogP contribution is 2.26. The van der Waals surface area contributed by atoms with Crippen LogP contribution in [0.4, 0.5) is 0 Å². The van der Waals surface area contributed by atoms with E-state index in [-0.39, 0.29) is 35.9 Å². The van der Waals surface area contributed by atoms with Crippen LogP contribution in [0, 0.1) is 5.92 Å². The van der Waals surface area contributed by atoms with E-state index in [0.717, 1.165) is 58.1 Å². The van der Waals surface area contributed by atoms with Crippen LogP contribution in [0.15, 0.2) is 35.3 Å². The standard InChI is InChI=1S/C23H36N4O2.HI/c1-3-24-23(27-16-12-20(13-17-27)22(28)29-4-2)25-18-21(26-14-8-9-15-26)19-10-6-5-7-11-19;/h5-7,10-11,20-21H,3-4,8-9,12-18H2,1-2H3,(H,24,25);1H. The number of likely N-dealkylation sites (tertiary alicyclic amines) is 2. The van der Waals surface area contributed by atoms with Crippen LogP contribution in [-0.2, 0) is 9.53 Å². The third-order valence-electron chi connectivity index (χ3n) is 5.93. The Kier molecular flexibility index (Phi) is 10.9. The number of rotatable bonds is 7. The molecule has 168 valence electrons. The van der Waals surface area contributed by atoms with Gasteiger partial charge in [-0.25, -0.2) is 0 Å². The number of aliphatic imine (C=N–C) groups is 1. The Hall–Kier alpha value is -1.35. The van der Waals surface area contributed by atoms with Gasteiger partial charge in [-0.2, -0.15) is 0 Å². The van der Waals surface area contributed by atoms with Crippen LogP contribution in [0.25, 0.3) is 0 Å². The Balaban J connectivity index is 0.00000320. The summed E-state index contributed by atoms with van der Waals surface area (Å²) >= 11 is 0. The van der Waals surface area contributed by atoms with E-state index in [2.05, 4.69) is 52.4 Å². The highest BCUT2D eigenvalue weighted by atomic mass is 127. The van der Waals surface area contributed by atoms with E-state index in [9.17, 15) is 4.79 Å². The Morgan fingerprint density at radius 3 is 2.40 bits per heavy atom. The van der Waals surface area contributed by atoms with Crippen LogP contribution in [0.1, 0.15) is 51.1 Å². The average molecular weight is 528 g/mol. The molecule has 2 fully saturated rings. The summed E-state index contributed by atoms with van der Waals surface area (Å²) in [6.07, 6.45) is 4.21. The van der Waals surface area contributed by atoms with Crippen LogP contribution in [0.3, 0.4) is 0 Å². The Morgan fingerprint density at radius 1 is 1.13 bits per heavy atom. The van der Waals surface area contributed by atoms with Gasteiger partial charge in [0.25, 0.3) is 0 Å². The molecule has 0 aromatic heterocycles.